The molecule has 0 saturated carbocycles. The molecule has 0 radical (unpaired) electrons. The van der Waals surface area contributed by atoms with Crippen molar-refractivity contribution < 1.29 is 4.79 Å². The van der Waals surface area contributed by atoms with E-state index in [1.165, 1.54) is 0 Å². The van der Waals surface area contributed by atoms with Crippen LogP contribution in [0.1, 0.15) is 40.0 Å². The first-order chi connectivity index (χ1) is 6.49. The maximum atomic E-state index is 11.6. The van der Waals surface area contributed by atoms with Crippen molar-refractivity contribution in [3.05, 3.63) is 0 Å². The van der Waals surface area contributed by atoms with E-state index in [1.807, 2.05) is 20.9 Å². The second-order valence-corrected chi connectivity index (χ2v) is 4.28. The SMILES string of the molecule is CCCCN(C)C(=O)CC(N)C(C)C. The highest BCUT2D eigenvalue weighted by molar-refractivity contribution is 5.76. The maximum Gasteiger partial charge on any atom is 0.223 e. The lowest BCUT2D eigenvalue weighted by Gasteiger charge is -2.21. The monoisotopic (exact) mass is 200 g/mol. The van der Waals surface area contributed by atoms with E-state index in [2.05, 4.69) is 6.92 Å². The average Bonchev–Trinajstić information content (AvgIpc) is 2.13. The summed E-state index contributed by atoms with van der Waals surface area (Å²) in [5, 5.41) is 0. The van der Waals surface area contributed by atoms with Crippen molar-refractivity contribution in [1.82, 2.24) is 4.90 Å². The van der Waals surface area contributed by atoms with Crippen LogP contribution in [0, 0.1) is 5.92 Å². The van der Waals surface area contributed by atoms with Crippen LogP contribution in [0.25, 0.3) is 0 Å². The molecule has 0 aliphatic rings. The zero-order valence-corrected chi connectivity index (χ0v) is 9.92. The summed E-state index contributed by atoms with van der Waals surface area (Å²) < 4.78 is 0. The first-order valence-electron chi connectivity index (χ1n) is 5.48. The molecule has 0 aromatic heterocycles. The van der Waals surface area contributed by atoms with E-state index in [4.69, 9.17) is 5.73 Å². The molecule has 84 valence electrons. The predicted molar refractivity (Wildman–Crippen MR) is 60.0 cm³/mol. The van der Waals surface area contributed by atoms with Crippen LogP contribution in [0.4, 0.5) is 0 Å². The van der Waals surface area contributed by atoms with Crippen molar-refractivity contribution in [3.63, 3.8) is 0 Å². The van der Waals surface area contributed by atoms with E-state index in [0.29, 0.717) is 12.3 Å². The summed E-state index contributed by atoms with van der Waals surface area (Å²) in [5.41, 5.74) is 5.84. The molecule has 0 heterocycles. The summed E-state index contributed by atoms with van der Waals surface area (Å²) >= 11 is 0. The molecule has 0 fully saturated rings. The molecule has 0 aliphatic carbocycles. The average molecular weight is 200 g/mol. The third-order valence-electron chi connectivity index (χ3n) is 2.54. The van der Waals surface area contributed by atoms with Crippen LogP contribution in [-0.4, -0.2) is 30.4 Å². The molecule has 3 nitrogen and oxygen atoms in total. The number of carbonyl (C=O) groups is 1. The van der Waals surface area contributed by atoms with E-state index in [-0.39, 0.29) is 11.9 Å². The van der Waals surface area contributed by atoms with Crippen LogP contribution in [0.5, 0.6) is 0 Å². The van der Waals surface area contributed by atoms with Gasteiger partial charge in [-0.1, -0.05) is 27.2 Å². The Bertz CT molecular complexity index is 169. The minimum Gasteiger partial charge on any atom is -0.346 e. The van der Waals surface area contributed by atoms with E-state index >= 15 is 0 Å². The van der Waals surface area contributed by atoms with E-state index in [1.54, 1.807) is 4.90 Å². The molecule has 1 amide bonds. The summed E-state index contributed by atoms with van der Waals surface area (Å²) in [6.45, 7) is 7.06. The number of rotatable bonds is 6. The Morgan fingerprint density at radius 2 is 2.00 bits per heavy atom. The van der Waals surface area contributed by atoms with Gasteiger partial charge in [-0.15, -0.1) is 0 Å². The lowest BCUT2D eigenvalue weighted by Crippen LogP contribution is -2.36. The Morgan fingerprint density at radius 3 is 2.43 bits per heavy atom. The Labute approximate surface area is 87.6 Å². The Kier molecular flexibility index (Phi) is 6.54. The van der Waals surface area contributed by atoms with Crippen molar-refractivity contribution in [3.8, 4) is 0 Å². The largest absolute Gasteiger partial charge is 0.346 e. The quantitative estimate of drug-likeness (QED) is 0.708. The summed E-state index contributed by atoms with van der Waals surface area (Å²) in [6.07, 6.45) is 2.66. The van der Waals surface area contributed by atoms with Crippen LogP contribution in [0.3, 0.4) is 0 Å². The highest BCUT2D eigenvalue weighted by atomic mass is 16.2. The van der Waals surface area contributed by atoms with Crippen LogP contribution >= 0.6 is 0 Å². The van der Waals surface area contributed by atoms with E-state index < -0.39 is 0 Å². The summed E-state index contributed by atoms with van der Waals surface area (Å²) in [6, 6.07) is -0.00780. The first kappa shape index (κ1) is 13.4. The topological polar surface area (TPSA) is 46.3 Å². The zero-order valence-electron chi connectivity index (χ0n) is 9.92. The van der Waals surface area contributed by atoms with Crippen LogP contribution < -0.4 is 5.73 Å². The molecule has 0 saturated heterocycles. The van der Waals surface area contributed by atoms with E-state index in [9.17, 15) is 4.79 Å². The molecule has 0 aromatic carbocycles. The maximum absolute atomic E-state index is 11.6. The number of hydrogen-bond donors (Lipinski definition) is 1. The van der Waals surface area contributed by atoms with Crippen molar-refractivity contribution in [2.75, 3.05) is 13.6 Å². The van der Waals surface area contributed by atoms with Gasteiger partial charge in [0, 0.05) is 26.1 Å². The summed E-state index contributed by atoms with van der Waals surface area (Å²) in [7, 11) is 1.85. The molecule has 0 rings (SSSR count). The van der Waals surface area contributed by atoms with Gasteiger partial charge in [0.1, 0.15) is 0 Å². The van der Waals surface area contributed by atoms with Gasteiger partial charge in [-0.3, -0.25) is 4.79 Å². The molecular formula is C11H24N2O. The van der Waals surface area contributed by atoms with Crippen LogP contribution in [0.15, 0.2) is 0 Å². The van der Waals surface area contributed by atoms with Gasteiger partial charge in [-0.2, -0.15) is 0 Å². The number of hydrogen-bond acceptors (Lipinski definition) is 2. The van der Waals surface area contributed by atoms with Gasteiger partial charge in [0.05, 0.1) is 0 Å². The van der Waals surface area contributed by atoms with Crippen LogP contribution in [-0.2, 0) is 4.79 Å². The highest BCUT2D eigenvalue weighted by Gasteiger charge is 2.15. The summed E-state index contributed by atoms with van der Waals surface area (Å²) in [5.74, 6) is 0.540. The van der Waals surface area contributed by atoms with E-state index in [0.717, 1.165) is 19.4 Å². The molecular weight excluding hydrogens is 176 g/mol. The summed E-state index contributed by atoms with van der Waals surface area (Å²) in [4.78, 5) is 13.4. The number of amides is 1. The standard InChI is InChI=1S/C11H24N2O/c1-5-6-7-13(4)11(14)8-10(12)9(2)3/h9-10H,5-8,12H2,1-4H3. The number of carbonyl (C=O) groups excluding carboxylic acids is 1. The molecule has 1 atom stereocenters. The Balaban J connectivity index is 3.82. The number of nitrogens with zero attached hydrogens (tertiary/aromatic N) is 1. The predicted octanol–water partition coefficient (Wildman–Crippen LogP) is 1.62. The Morgan fingerprint density at radius 1 is 1.43 bits per heavy atom. The highest BCUT2D eigenvalue weighted by Crippen LogP contribution is 2.05. The third-order valence-corrected chi connectivity index (χ3v) is 2.54. The fourth-order valence-corrected chi connectivity index (χ4v) is 1.11. The third kappa shape index (κ3) is 5.22. The zero-order chi connectivity index (χ0) is 11.1. The number of unbranched alkanes of at least 4 members (excludes halogenated alkanes) is 1. The van der Waals surface area contributed by atoms with Gasteiger partial charge in [0.2, 0.25) is 5.91 Å². The number of nitrogens with two attached hydrogens (primary N) is 1. The van der Waals surface area contributed by atoms with Gasteiger partial charge in [0.25, 0.3) is 0 Å². The van der Waals surface area contributed by atoms with Gasteiger partial charge < -0.3 is 10.6 Å². The normalized spacial score (nSPS) is 13.0. The van der Waals surface area contributed by atoms with Crippen molar-refractivity contribution in [1.29, 1.82) is 0 Å². The second kappa shape index (κ2) is 6.82. The molecule has 0 spiro atoms. The lowest BCUT2D eigenvalue weighted by atomic mass is 10.0. The molecule has 1 unspecified atom stereocenters. The fraction of sp³-hybridized carbons (Fsp3) is 0.909. The van der Waals surface area contributed by atoms with Crippen molar-refractivity contribution >= 4 is 5.91 Å². The molecule has 14 heavy (non-hydrogen) atoms. The Hall–Kier alpha value is -0.570. The molecule has 2 N–H and O–H groups in total. The van der Waals surface area contributed by atoms with Gasteiger partial charge >= 0.3 is 0 Å². The van der Waals surface area contributed by atoms with Crippen LogP contribution in [0.2, 0.25) is 0 Å². The van der Waals surface area contributed by atoms with Gasteiger partial charge in [-0.05, 0) is 12.3 Å². The molecule has 0 aliphatic heterocycles. The minimum absolute atomic E-state index is 0.00780. The van der Waals surface area contributed by atoms with Gasteiger partial charge in [-0.25, -0.2) is 0 Å². The minimum atomic E-state index is -0.00780. The molecule has 3 heteroatoms. The second-order valence-electron chi connectivity index (χ2n) is 4.28. The first-order valence-corrected chi connectivity index (χ1v) is 5.48. The van der Waals surface area contributed by atoms with Crippen molar-refractivity contribution in [2.24, 2.45) is 11.7 Å². The molecule has 0 bridgehead atoms. The fourth-order valence-electron chi connectivity index (χ4n) is 1.11. The van der Waals surface area contributed by atoms with Gasteiger partial charge in [0.15, 0.2) is 0 Å². The molecule has 0 aromatic rings. The van der Waals surface area contributed by atoms with Crippen molar-refractivity contribution in [2.45, 2.75) is 46.1 Å². The smallest absolute Gasteiger partial charge is 0.223 e. The lowest BCUT2D eigenvalue weighted by molar-refractivity contribution is -0.130.